The lowest BCUT2D eigenvalue weighted by Crippen LogP contribution is -2.47. The zero-order valence-corrected chi connectivity index (χ0v) is 16.9. The number of benzene rings is 2. The zero-order valence-electron chi connectivity index (χ0n) is 16.9. The van der Waals surface area contributed by atoms with Gasteiger partial charge in [0.1, 0.15) is 0 Å². The smallest absolute Gasteiger partial charge is 0.254 e. The summed E-state index contributed by atoms with van der Waals surface area (Å²) in [5, 5.41) is 9.46. The first kappa shape index (κ1) is 20.1. The van der Waals surface area contributed by atoms with Crippen LogP contribution in [0.2, 0.25) is 0 Å². The Morgan fingerprint density at radius 1 is 0.867 bits per heavy atom. The molecule has 2 aliphatic heterocycles. The number of rotatable bonds is 3. The fourth-order valence-corrected chi connectivity index (χ4v) is 4.26. The molecule has 2 aromatic carbocycles. The number of nitriles is 1. The van der Waals surface area contributed by atoms with Gasteiger partial charge in [0.25, 0.3) is 5.91 Å². The van der Waals surface area contributed by atoms with Gasteiger partial charge in [-0.05, 0) is 30.5 Å². The summed E-state index contributed by atoms with van der Waals surface area (Å²) < 4.78 is 5.33. The molecule has 30 heavy (non-hydrogen) atoms. The number of morpholine rings is 1. The van der Waals surface area contributed by atoms with E-state index in [4.69, 9.17) is 4.74 Å². The highest BCUT2D eigenvalue weighted by Crippen LogP contribution is 2.29. The van der Waals surface area contributed by atoms with Gasteiger partial charge in [0.15, 0.2) is 0 Å². The predicted octanol–water partition coefficient (Wildman–Crippen LogP) is 2.94. The molecule has 2 fully saturated rings. The van der Waals surface area contributed by atoms with Crippen molar-refractivity contribution in [2.24, 2.45) is 5.92 Å². The molecule has 0 spiro atoms. The fourth-order valence-electron chi connectivity index (χ4n) is 4.26. The number of piperidine rings is 1. The largest absolute Gasteiger partial charge is 0.378 e. The van der Waals surface area contributed by atoms with Gasteiger partial charge in [0.2, 0.25) is 5.91 Å². The number of carbonyl (C=O) groups excluding carboxylic acids is 2. The van der Waals surface area contributed by atoms with Gasteiger partial charge in [-0.25, -0.2) is 0 Å². The molecule has 0 N–H and O–H groups in total. The Balaban J connectivity index is 1.48. The van der Waals surface area contributed by atoms with Crippen LogP contribution in [0.5, 0.6) is 0 Å². The number of hydrogen-bond donors (Lipinski definition) is 0. The molecular weight excluding hydrogens is 378 g/mol. The predicted molar refractivity (Wildman–Crippen MR) is 113 cm³/mol. The van der Waals surface area contributed by atoms with Crippen LogP contribution in [-0.2, 0) is 9.53 Å². The number of likely N-dealkylation sites (tertiary alicyclic amines) is 1. The van der Waals surface area contributed by atoms with Gasteiger partial charge in [-0.3, -0.25) is 9.59 Å². The van der Waals surface area contributed by atoms with E-state index in [2.05, 4.69) is 6.07 Å². The molecule has 0 atom stereocenters. The fraction of sp³-hybridized carbons (Fsp3) is 0.375. The lowest BCUT2D eigenvalue weighted by molar-refractivity contribution is -0.141. The minimum absolute atomic E-state index is 0.0262. The van der Waals surface area contributed by atoms with Crippen LogP contribution in [0.4, 0.5) is 0 Å². The van der Waals surface area contributed by atoms with Gasteiger partial charge in [0, 0.05) is 43.2 Å². The van der Waals surface area contributed by atoms with E-state index in [0.717, 1.165) is 11.1 Å². The molecule has 6 heteroatoms. The average Bonchev–Trinajstić information content (AvgIpc) is 2.83. The molecule has 2 heterocycles. The third-order valence-electron chi connectivity index (χ3n) is 5.95. The molecule has 0 saturated carbocycles. The number of hydrogen-bond acceptors (Lipinski definition) is 4. The minimum atomic E-state index is -0.0457. The standard InChI is InChI=1S/C24H25N3O3/c25-17-19-5-1-2-6-20(19)21-7-3-4-8-22(21)24(29)26-11-9-18(10-12-26)23(28)27-13-15-30-16-14-27/h1-8,18H,9-16H2. The molecule has 0 radical (unpaired) electrons. The summed E-state index contributed by atoms with van der Waals surface area (Å²) in [4.78, 5) is 29.8. The van der Waals surface area contributed by atoms with Crippen molar-refractivity contribution in [3.05, 3.63) is 59.7 Å². The van der Waals surface area contributed by atoms with Gasteiger partial charge >= 0.3 is 0 Å². The van der Waals surface area contributed by atoms with Crippen molar-refractivity contribution in [2.75, 3.05) is 39.4 Å². The first-order chi connectivity index (χ1) is 14.7. The lowest BCUT2D eigenvalue weighted by Gasteiger charge is -2.35. The molecule has 0 aliphatic carbocycles. The van der Waals surface area contributed by atoms with E-state index in [0.29, 0.717) is 63.4 Å². The molecule has 0 bridgehead atoms. The molecule has 154 valence electrons. The van der Waals surface area contributed by atoms with Crippen LogP contribution in [0.3, 0.4) is 0 Å². The van der Waals surface area contributed by atoms with Gasteiger partial charge in [0.05, 0.1) is 24.8 Å². The third-order valence-corrected chi connectivity index (χ3v) is 5.95. The maximum atomic E-state index is 13.3. The van der Waals surface area contributed by atoms with Gasteiger partial charge in [-0.1, -0.05) is 36.4 Å². The summed E-state index contributed by atoms with van der Waals surface area (Å²) in [6, 6.07) is 17.0. The van der Waals surface area contributed by atoms with Crippen LogP contribution in [0.15, 0.2) is 48.5 Å². The summed E-state index contributed by atoms with van der Waals surface area (Å²) >= 11 is 0. The van der Waals surface area contributed by atoms with Crippen molar-refractivity contribution in [1.82, 2.24) is 9.80 Å². The van der Waals surface area contributed by atoms with Gasteiger partial charge in [-0.15, -0.1) is 0 Å². The molecule has 2 aliphatic rings. The number of amides is 2. The van der Waals surface area contributed by atoms with Crippen LogP contribution in [0.1, 0.15) is 28.8 Å². The molecule has 4 rings (SSSR count). The van der Waals surface area contributed by atoms with E-state index in [1.165, 1.54) is 0 Å². The number of carbonyl (C=O) groups is 2. The van der Waals surface area contributed by atoms with E-state index < -0.39 is 0 Å². The highest BCUT2D eigenvalue weighted by molar-refractivity contribution is 6.01. The SMILES string of the molecule is N#Cc1ccccc1-c1ccccc1C(=O)N1CCC(C(=O)N2CCOCC2)CC1. The van der Waals surface area contributed by atoms with E-state index in [1.54, 1.807) is 6.07 Å². The van der Waals surface area contributed by atoms with E-state index in [1.807, 2.05) is 52.3 Å². The molecular formula is C24H25N3O3. The monoisotopic (exact) mass is 403 g/mol. The first-order valence-corrected chi connectivity index (χ1v) is 10.4. The summed E-state index contributed by atoms with van der Waals surface area (Å²) in [6.07, 6.45) is 1.36. The van der Waals surface area contributed by atoms with Crippen LogP contribution in [-0.4, -0.2) is 61.0 Å². The third kappa shape index (κ3) is 4.07. The van der Waals surface area contributed by atoms with Crippen molar-refractivity contribution >= 4 is 11.8 Å². The number of ether oxygens (including phenoxy) is 1. The first-order valence-electron chi connectivity index (χ1n) is 10.4. The van der Waals surface area contributed by atoms with Crippen LogP contribution >= 0.6 is 0 Å². The van der Waals surface area contributed by atoms with E-state index in [-0.39, 0.29) is 17.7 Å². The Bertz CT molecular complexity index is 968. The topological polar surface area (TPSA) is 73.6 Å². The molecule has 0 unspecified atom stereocenters. The van der Waals surface area contributed by atoms with Crippen molar-refractivity contribution in [3.8, 4) is 17.2 Å². The van der Waals surface area contributed by atoms with Crippen molar-refractivity contribution in [3.63, 3.8) is 0 Å². The van der Waals surface area contributed by atoms with Crippen molar-refractivity contribution in [2.45, 2.75) is 12.8 Å². The molecule has 2 saturated heterocycles. The van der Waals surface area contributed by atoms with E-state index >= 15 is 0 Å². The Morgan fingerprint density at radius 2 is 1.50 bits per heavy atom. The second-order valence-corrected chi connectivity index (χ2v) is 7.71. The molecule has 0 aromatic heterocycles. The molecule has 2 aromatic rings. The van der Waals surface area contributed by atoms with Crippen molar-refractivity contribution in [1.29, 1.82) is 5.26 Å². The maximum Gasteiger partial charge on any atom is 0.254 e. The quantitative estimate of drug-likeness (QED) is 0.790. The second-order valence-electron chi connectivity index (χ2n) is 7.71. The maximum absolute atomic E-state index is 13.3. The van der Waals surface area contributed by atoms with Crippen LogP contribution in [0, 0.1) is 17.2 Å². The lowest BCUT2D eigenvalue weighted by atomic mass is 9.92. The number of nitrogens with zero attached hydrogens (tertiary/aromatic N) is 3. The molecule has 2 amide bonds. The van der Waals surface area contributed by atoms with Crippen molar-refractivity contribution < 1.29 is 14.3 Å². The summed E-state index contributed by atoms with van der Waals surface area (Å²) in [7, 11) is 0. The Kier molecular flexibility index (Phi) is 6.10. The van der Waals surface area contributed by atoms with Crippen LogP contribution in [0.25, 0.3) is 11.1 Å². The van der Waals surface area contributed by atoms with Gasteiger partial charge < -0.3 is 14.5 Å². The Labute approximate surface area is 176 Å². The summed E-state index contributed by atoms with van der Waals surface area (Å²) in [5.74, 6) is 0.117. The van der Waals surface area contributed by atoms with E-state index in [9.17, 15) is 14.9 Å². The normalized spacial score (nSPS) is 17.4. The Morgan fingerprint density at radius 3 is 2.20 bits per heavy atom. The minimum Gasteiger partial charge on any atom is -0.378 e. The highest BCUT2D eigenvalue weighted by Gasteiger charge is 2.31. The second kappa shape index (κ2) is 9.10. The zero-order chi connectivity index (χ0) is 20.9. The molecule has 6 nitrogen and oxygen atoms in total. The van der Waals surface area contributed by atoms with Gasteiger partial charge in [-0.2, -0.15) is 5.26 Å². The highest BCUT2D eigenvalue weighted by atomic mass is 16.5. The Hall–Kier alpha value is -3.17. The van der Waals surface area contributed by atoms with Crippen LogP contribution < -0.4 is 0 Å². The summed E-state index contributed by atoms with van der Waals surface area (Å²) in [5.41, 5.74) is 2.68. The average molecular weight is 403 g/mol. The summed E-state index contributed by atoms with van der Waals surface area (Å²) in [6.45, 7) is 3.64.